The van der Waals surface area contributed by atoms with Crippen LogP contribution in [-0.2, 0) is 14.3 Å². The van der Waals surface area contributed by atoms with Gasteiger partial charge in [-0.2, -0.15) is 0 Å². The van der Waals surface area contributed by atoms with E-state index < -0.39 is 0 Å². The van der Waals surface area contributed by atoms with E-state index >= 15 is 0 Å². The van der Waals surface area contributed by atoms with Gasteiger partial charge in [-0.05, 0) is 19.9 Å². The molecule has 3 heterocycles. The van der Waals surface area contributed by atoms with Gasteiger partial charge >= 0.3 is 0 Å². The minimum absolute atomic E-state index is 0.00564. The fraction of sp³-hybridized carbons (Fsp3) is 0.846. The molecule has 5 heteroatoms. The molecule has 4 unspecified atom stereocenters. The standard InChI is InChI=1S/C13H20N2O3/c1-14-4-6-15(7-5-14)13(17)12-9(8-16)10-2-3-11(12)18-10/h8-12H,2-7H2,1H3. The van der Waals surface area contributed by atoms with Crippen LogP contribution in [-0.4, -0.2) is 67.4 Å². The Hall–Kier alpha value is -0.940. The second-order valence-electron chi connectivity index (χ2n) is 5.66. The molecular formula is C13H20N2O3. The Morgan fingerprint density at radius 2 is 1.83 bits per heavy atom. The summed E-state index contributed by atoms with van der Waals surface area (Å²) in [6, 6.07) is 0. The van der Waals surface area contributed by atoms with Gasteiger partial charge in [0.25, 0.3) is 0 Å². The molecule has 0 aromatic rings. The maximum Gasteiger partial charge on any atom is 0.229 e. The Labute approximate surface area is 107 Å². The van der Waals surface area contributed by atoms with Gasteiger partial charge < -0.3 is 19.3 Å². The number of hydrogen-bond acceptors (Lipinski definition) is 4. The van der Waals surface area contributed by atoms with Crippen LogP contribution in [0.4, 0.5) is 0 Å². The number of piperazine rings is 1. The first-order valence-electron chi connectivity index (χ1n) is 6.79. The predicted octanol–water partition coefficient (Wildman–Crippen LogP) is -0.247. The van der Waals surface area contributed by atoms with E-state index in [1.165, 1.54) is 0 Å². The molecule has 3 aliphatic heterocycles. The molecule has 3 rings (SSSR count). The highest BCUT2D eigenvalue weighted by molar-refractivity contribution is 5.83. The van der Waals surface area contributed by atoms with Crippen LogP contribution in [0.5, 0.6) is 0 Å². The van der Waals surface area contributed by atoms with Crippen LogP contribution in [0.25, 0.3) is 0 Å². The number of rotatable bonds is 2. The lowest BCUT2D eigenvalue weighted by atomic mass is 9.79. The van der Waals surface area contributed by atoms with Crippen molar-refractivity contribution in [3.63, 3.8) is 0 Å². The van der Waals surface area contributed by atoms with Crippen molar-refractivity contribution in [2.24, 2.45) is 11.8 Å². The smallest absolute Gasteiger partial charge is 0.229 e. The first-order chi connectivity index (χ1) is 8.70. The summed E-state index contributed by atoms with van der Waals surface area (Å²) in [5.74, 6) is -0.298. The van der Waals surface area contributed by atoms with Crippen molar-refractivity contribution in [2.75, 3.05) is 33.2 Å². The van der Waals surface area contributed by atoms with E-state index in [0.717, 1.165) is 45.3 Å². The largest absolute Gasteiger partial charge is 0.373 e. The van der Waals surface area contributed by atoms with E-state index in [1.54, 1.807) is 0 Å². The number of likely N-dealkylation sites (N-methyl/N-ethyl adjacent to an activating group) is 1. The number of aldehydes is 1. The van der Waals surface area contributed by atoms with Crippen molar-refractivity contribution in [1.29, 1.82) is 0 Å². The maximum atomic E-state index is 12.5. The molecule has 5 nitrogen and oxygen atoms in total. The topological polar surface area (TPSA) is 49.9 Å². The molecule has 4 atom stereocenters. The van der Waals surface area contributed by atoms with Gasteiger partial charge in [-0.3, -0.25) is 4.79 Å². The fourth-order valence-corrected chi connectivity index (χ4v) is 3.45. The molecule has 1 amide bonds. The quantitative estimate of drug-likeness (QED) is 0.636. The lowest BCUT2D eigenvalue weighted by Crippen LogP contribution is -2.51. The molecule has 3 saturated heterocycles. The second-order valence-corrected chi connectivity index (χ2v) is 5.66. The van der Waals surface area contributed by atoms with Crippen LogP contribution in [0.1, 0.15) is 12.8 Å². The van der Waals surface area contributed by atoms with E-state index in [4.69, 9.17) is 4.74 Å². The van der Waals surface area contributed by atoms with Crippen LogP contribution in [0.3, 0.4) is 0 Å². The summed E-state index contributed by atoms with van der Waals surface area (Å²) in [7, 11) is 2.07. The monoisotopic (exact) mass is 252 g/mol. The summed E-state index contributed by atoms with van der Waals surface area (Å²) < 4.78 is 5.73. The predicted molar refractivity (Wildman–Crippen MR) is 65.0 cm³/mol. The van der Waals surface area contributed by atoms with Gasteiger partial charge in [-0.1, -0.05) is 0 Å². The molecule has 18 heavy (non-hydrogen) atoms. The number of carbonyl (C=O) groups excluding carboxylic acids is 2. The summed E-state index contributed by atoms with van der Waals surface area (Å²) in [6.45, 7) is 3.38. The van der Waals surface area contributed by atoms with E-state index in [9.17, 15) is 9.59 Å². The third-order valence-corrected chi connectivity index (χ3v) is 4.59. The van der Waals surface area contributed by atoms with E-state index in [2.05, 4.69) is 11.9 Å². The Morgan fingerprint density at radius 3 is 2.50 bits per heavy atom. The molecule has 0 N–H and O–H groups in total. The highest BCUT2D eigenvalue weighted by atomic mass is 16.5. The van der Waals surface area contributed by atoms with Crippen molar-refractivity contribution in [3.8, 4) is 0 Å². The van der Waals surface area contributed by atoms with Crippen LogP contribution in [0.2, 0.25) is 0 Å². The number of nitrogens with zero attached hydrogens (tertiary/aromatic N) is 2. The zero-order valence-corrected chi connectivity index (χ0v) is 10.7. The summed E-state index contributed by atoms with van der Waals surface area (Å²) in [5.41, 5.74) is 0. The number of amides is 1. The van der Waals surface area contributed by atoms with Crippen molar-refractivity contribution in [3.05, 3.63) is 0 Å². The molecule has 2 bridgehead atoms. The van der Waals surface area contributed by atoms with Gasteiger partial charge in [0.1, 0.15) is 6.29 Å². The number of hydrogen-bond donors (Lipinski definition) is 0. The van der Waals surface area contributed by atoms with Crippen LogP contribution in [0, 0.1) is 11.8 Å². The third kappa shape index (κ3) is 1.86. The molecule has 0 aliphatic carbocycles. The summed E-state index contributed by atoms with van der Waals surface area (Å²) in [4.78, 5) is 27.9. The van der Waals surface area contributed by atoms with Crippen LogP contribution < -0.4 is 0 Å². The Kier molecular flexibility index (Phi) is 3.11. The molecule has 0 saturated carbocycles. The van der Waals surface area contributed by atoms with E-state index in [1.807, 2.05) is 4.90 Å². The Bertz CT molecular complexity index is 352. The highest BCUT2D eigenvalue weighted by Gasteiger charge is 2.53. The normalized spacial score (nSPS) is 40.2. The van der Waals surface area contributed by atoms with Gasteiger partial charge in [0, 0.05) is 26.2 Å². The van der Waals surface area contributed by atoms with Gasteiger partial charge in [-0.25, -0.2) is 0 Å². The molecule has 3 fully saturated rings. The molecule has 3 aliphatic rings. The zero-order chi connectivity index (χ0) is 12.7. The van der Waals surface area contributed by atoms with Crippen molar-refractivity contribution < 1.29 is 14.3 Å². The molecule has 100 valence electrons. The number of ether oxygens (including phenoxy) is 1. The van der Waals surface area contributed by atoms with Crippen molar-refractivity contribution in [1.82, 2.24) is 9.80 Å². The fourth-order valence-electron chi connectivity index (χ4n) is 3.45. The molecule has 0 spiro atoms. The van der Waals surface area contributed by atoms with Gasteiger partial charge in [0.15, 0.2) is 0 Å². The van der Waals surface area contributed by atoms with Gasteiger partial charge in [0.2, 0.25) is 5.91 Å². The van der Waals surface area contributed by atoms with E-state index in [-0.39, 0.29) is 30.0 Å². The Balaban J connectivity index is 1.70. The highest BCUT2D eigenvalue weighted by Crippen LogP contribution is 2.43. The minimum atomic E-state index is -0.218. The second kappa shape index (κ2) is 4.63. The lowest BCUT2D eigenvalue weighted by molar-refractivity contribution is -0.141. The zero-order valence-electron chi connectivity index (χ0n) is 10.7. The summed E-state index contributed by atoms with van der Waals surface area (Å²) in [5, 5.41) is 0. The summed E-state index contributed by atoms with van der Waals surface area (Å²) >= 11 is 0. The average molecular weight is 252 g/mol. The maximum absolute atomic E-state index is 12.5. The third-order valence-electron chi connectivity index (χ3n) is 4.59. The first-order valence-corrected chi connectivity index (χ1v) is 6.79. The SMILES string of the molecule is CN1CCN(C(=O)C2C3CCC(O3)C2C=O)CC1. The summed E-state index contributed by atoms with van der Waals surface area (Å²) in [6.07, 6.45) is 2.77. The molecule has 0 radical (unpaired) electrons. The Morgan fingerprint density at radius 1 is 1.17 bits per heavy atom. The van der Waals surface area contributed by atoms with Gasteiger partial charge in [0.05, 0.1) is 24.0 Å². The average Bonchev–Trinajstić information content (AvgIpc) is 2.98. The molecular weight excluding hydrogens is 232 g/mol. The molecule has 0 aromatic heterocycles. The number of carbonyl (C=O) groups is 2. The van der Waals surface area contributed by atoms with Gasteiger partial charge in [-0.15, -0.1) is 0 Å². The van der Waals surface area contributed by atoms with Crippen molar-refractivity contribution >= 4 is 12.2 Å². The molecule has 0 aromatic carbocycles. The number of fused-ring (bicyclic) bond motifs is 2. The van der Waals surface area contributed by atoms with Crippen LogP contribution >= 0.6 is 0 Å². The van der Waals surface area contributed by atoms with E-state index in [0.29, 0.717) is 0 Å². The van der Waals surface area contributed by atoms with Crippen LogP contribution in [0.15, 0.2) is 0 Å². The lowest BCUT2D eigenvalue weighted by Gasteiger charge is -2.36. The van der Waals surface area contributed by atoms with Crippen molar-refractivity contribution in [2.45, 2.75) is 25.0 Å². The minimum Gasteiger partial charge on any atom is -0.373 e. The first kappa shape index (κ1) is 12.1.